The SMILES string of the molecule is Cc1cccc2c1OCc1ccccc1/C2=C\c1ccc2[nH]c(=O)[nH]c2c1. The van der Waals surface area contributed by atoms with Gasteiger partial charge in [-0.15, -0.1) is 0 Å². The first-order chi connectivity index (χ1) is 13.2. The summed E-state index contributed by atoms with van der Waals surface area (Å²) in [4.78, 5) is 17.2. The molecule has 2 heterocycles. The molecule has 0 unspecified atom stereocenters. The summed E-state index contributed by atoms with van der Waals surface area (Å²) < 4.78 is 6.15. The molecule has 0 amide bonds. The summed E-state index contributed by atoms with van der Waals surface area (Å²) in [5.74, 6) is 0.927. The Morgan fingerprint density at radius 3 is 2.67 bits per heavy atom. The summed E-state index contributed by atoms with van der Waals surface area (Å²) in [6, 6.07) is 20.5. The van der Waals surface area contributed by atoms with Gasteiger partial charge in [0.25, 0.3) is 0 Å². The quantitative estimate of drug-likeness (QED) is 0.523. The summed E-state index contributed by atoms with van der Waals surface area (Å²) in [6.45, 7) is 2.62. The highest BCUT2D eigenvalue weighted by Crippen LogP contribution is 2.39. The highest BCUT2D eigenvalue weighted by Gasteiger charge is 2.20. The molecule has 0 spiro atoms. The normalized spacial score (nSPS) is 14.5. The average Bonchev–Trinajstić information content (AvgIpc) is 2.96. The summed E-state index contributed by atoms with van der Waals surface area (Å²) >= 11 is 0. The standard InChI is InChI=1S/C23H18N2O2/c1-14-5-4-8-18-19(17-7-3-2-6-16(17)13-27-22(14)18)11-15-9-10-20-21(12-15)25-23(26)24-20/h2-12H,13H2,1H3,(H2,24,25,26)/b19-11+. The fourth-order valence-electron chi connectivity index (χ4n) is 3.72. The summed E-state index contributed by atoms with van der Waals surface area (Å²) in [5.41, 5.74) is 8.11. The molecule has 0 saturated heterocycles. The molecule has 0 radical (unpaired) electrons. The molecular weight excluding hydrogens is 336 g/mol. The van der Waals surface area contributed by atoms with Crippen LogP contribution in [-0.4, -0.2) is 9.97 Å². The van der Waals surface area contributed by atoms with Gasteiger partial charge in [-0.1, -0.05) is 48.5 Å². The second-order valence-electron chi connectivity index (χ2n) is 6.84. The first-order valence-electron chi connectivity index (χ1n) is 8.94. The number of fused-ring (bicyclic) bond motifs is 3. The van der Waals surface area contributed by atoms with Crippen molar-refractivity contribution in [3.8, 4) is 5.75 Å². The van der Waals surface area contributed by atoms with E-state index in [1.54, 1.807) is 0 Å². The molecular formula is C23H18N2O2. The Bertz CT molecular complexity index is 1260. The fourth-order valence-corrected chi connectivity index (χ4v) is 3.72. The summed E-state index contributed by atoms with van der Waals surface area (Å²) in [5, 5.41) is 0. The van der Waals surface area contributed by atoms with Crippen LogP contribution < -0.4 is 10.4 Å². The molecule has 4 nitrogen and oxygen atoms in total. The van der Waals surface area contributed by atoms with Gasteiger partial charge in [-0.25, -0.2) is 4.79 Å². The molecule has 3 aromatic carbocycles. The molecule has 1 aliphatic rings. The molecule has 1 aromatic heterocycles. The molecule has 27 heavy (non-hydrogen) atoms. The number of ether oxygens (including phenoxy) is 1. The van der Waals surface area contributed by atoms with Crippen LogP contribution in [0, 0.1) is 6.92 Å². The number of hydrogen-bond acceptors (Lipinski definition) is 2. The van der Waals surface area contributed by atoms with Crippen LogP contribution in [0.1, 0.15) is 27.8 Å². The lowest BCUT2D eigenvalue weighted by Gasteiger charge is -2.12. The maximum absolute atomic E-state index is 11.6. The maximum Gasteiger partial charge on any atom is 0.323 e. The van der Waals surface area contributed by atoms with Crippen LogP contribution in [-0.2, 0) is 6.61 Å². The van der Waals surface area contributed by atoms with Crippen molar-refractivity contribution in [3.63, 3.8) is 0 Å². The second-order valence-corrected chi connectivity index (χ2v) is 6.84. The third kappa shape index (κ3) is 2.66. The molecule has 0 fully saturated rings. The van der Waals surface area contributed by atoms with E-state index in [1.807, 2.05) is 24.3 Å². The lowest BCUT2D eigenvalue weighted by molar-refractivity contribution is 0.305. The highest BCUT2D eigenvalue weighted by molar-refractivity contribution is 5.96. The number of aromatic amines is 2. The largest absolute Gasteiger partial charge is 0.488 e. The molecule has 2 N–H and O–H groups in total. The number of imidazole rings is 1. The smallest absolute Gasteiger partial charge is 0.323 e. The molecule has 4 aromatic rings. The van der Waals surface area contributed by atoms with Crippen molar-refractivity contribution in [2.45, 2.75) is 13.5 Å². The van der Waals surface area contributed by atoms with E-state index >= 15 is 0 Å². The number of nitrogens with one attached hydrogen (secondary N) is 2. The third-order valence-corrected chi connectivity index (χ3v) is 5.03. The Balaban J connectivity index is 1.77. The minimum atomic E-state index is -0.191. The van der Waals surface area contributed by atoms with Crippen LogP contribution in [0.4, 0.5) is 0 Å². The average molecular weight is 354 g/mol. The number of rotatable bonds is 1. The number of hydrogen-bond donors (Lipinski definition) is 2. The van der Waals surface area contributed by atoms with Gasteiger partial charge in [0.05, 0.1) is 11.0 Å². The van der Waals surface area contributed by atoms with Gasteiger partial charge in [0.2, 0.25) is 0 Å². The Labute approximate surface area is 156 Å². The zero-order chi connectivity index (χ0) is 18.4. The van der Waals surface area contributed by atoms with Gasteiger partial charge in [0.1, 0.15) is 12.4 Å². The van der Waals surface area contributed by atoms with E-state index < -0.39 is 0 Å². The van der Waals surface area contributed by atoms with Crippen LogP contribution >= 0.6 is 0 Å². The number of para-hydroxylation sites is 1. The van der Waals surface area contributed by atoms with Crippen molar-refractivity contribution < 1.29 is 4.74 Å². The fraction of sp³-hybridized carbons (Fsp3) is 0.0870. The van der Waals surface area contributed by atoms with Crippen molar-refractivity contribution in [3.05, 3.63) is 99.0 Å². The number of aryl methyl sites for hydroxylation is 1. The lowest BCUT2D eigenvalue weighted by Crippen LogP contribution is -1.99. The molecule has 0 saturated carbocycles. The third-order valence-electron chi connectivity index (χ3n) is 5.03. The summed E-state index contributed by atoms with van der Waals surface area (Å²) in [7, 11) is 0. The van der Waals surface area contributed by atoms with E-state index in [9.17, 15) is 4.79 Å². The van der Waals surface area contributed by atoms with Crippen LogP contribution in [0.3, 0.4) is 0 Å². The topological polar surface area (TPSA) is 57.9 Å². The van der Waals surface area contributed by atoms with Gasteiger partial charge in [-0.3, -0.25) is 0 Å². The zero-order valence-electron chi connectivity index (χ0n) is 14.9. The Hall–Kier alpha value is -3.53. The lowest BCUT2D eigenvalue weighted by atomic mass is 9.92. The van der Waals surface area contributed by atoms with Gasteiger partial charge in [0.15, 0.2) is 0 Å². The van der Waals surface area contributed by atoms with Crippen molar-refractivity contribution in [1.29, 1.82) is 0 Å². The molecule has 0 atom stereocenters. The Morgan fingerprint density at radius 2 is 1.74 bits per heavy atom. The van der Waals surface area contributed by atoms with E-state index in [0.29, 0.717) is 6.61 Å². The van der Waals surface area contributed by atoms with Gasteiger partial charge in [-0.05, 0) is 53.0 Å². The number of H-pyrrole nitrogens is 2. The van der Waals surface area contributed by atoms with E-state index in [1.165, 1.54) is 5.56 Å². The molecule has 0 aliphatic carbocycles. The molecule has 4 heteroatoms. The predicted octanol–water partition coefficient (Wildman–Crippen LogP) is 4.65. The van der Waals surface area contributed by atoms with E-state index in [-0.39, 0.29) is 5.69 Å². The van der Waals surface area contributed by atoms with Crippen molar-refractivity contribution in [2.75, 3.05) is 0 Å². The van der Waals surface area contributed by atoms with Gasteiger partial charge in [0, 0.05) is 5.56 Å². The molecule has 132 valence electrons. The van der Waals surface area contributed by atoms with E-state index in [2.05, 4.69) is 59.4 Å². The van der Waals surface area contributed by atoms with Crippen LogP contribution in [0.5, 0.6) is 5.75 Å². The monoisotopic (exact) mass is 354 g/mol. The first kappa shape index (κ1) is 15.7. The molecule has 0 bridgehead atoms. The molecule has 5 rings (SSSR count). The van der Waals surface area contributed by atoms with E-state index in [0.717, 1.165) is 44.6 Å². The summed E-state index contributed by atoms with van der Waals surface area (Å²) in [6.07, 6.45) is 2.16. The maximum atomic E-state index is 11.6. The van der Waals surface area contributed by atoms with Crippen molar-refractivity contribution >= 4 is 22.7 Å². The minimum absolute atomic E-state index is 0.191. The van der Waals surface area contributed by atoms with Crippen LogP contribution in [0.25, 0.3) is 22.7 Å². The Morgan fingerprint density at radius 1 is 0.926 bits per heavy atom. The number of benzene rings is 3. The van der Waals surface area contributed by atoms with Crippen LogP contribution in [0.2, 0.25) is 0 Å². The van der Waals surface area contributed by atoms with Crippen molar-refractivity contribution in [2.24, 2.45) is 0 Å². The zero-order valence-corrected chi connectivity index (χ0v) is 14.9. The number of aromatic nitrogens is 2. The minimum Gasteiger partial charge on any atom is -0.488 e. The van der Waals surface area contributed by atoms with Crippen molar-refractivity contribution in [1.82, 2.24) is 9.97 Å². The highest BCUT2D eigenvalue weighted by atomic mass is 16.5. The second kappa shape index (κ2) is 6.02. The Kier molecular flexibility index (Phi) is 3.50. The first-order valence-corrected chi connectivity index (χ1v) is 8.94. The van der Waals surface area contributed by atoms with Gasteiger partial charge >= 0.3 is 5.69 Å². The van der Waals surface area contributed by atoms with Gasteiger partial charge in [-0.2, -0.15) is 0 Å². The predicted molar refractivity (Wildman–Crippen MR) is 108 cm³/mol. The van der Waals surface area contributed by atoms with Gasteiger partial charge < -0.3 is 14.7 Å². The molecule has 1 aliphatic heterocycles. The van der Waals surface area contributed by atoms with E-state index in [4.69, 9.17) is 4.74 Å². The van der Waals surface area contributed by atoms with Crippen LogP contribution in [0.15, 0.2) is 65.5 Å².